The van der Waals surface area contributed by atoms with Crippen molar-refractivity contribution in [2.75, 3.05) is 0 Å². The van der Waals surface area contributed by atoms with Gasteiger partial charge in [-0.2, -0.15) is 0 Å². The zero-order valence-corrected chi connectivity index (χ0v) is 9.77. The van der Waals surface area contributed by atoms with Gasteiger partial charge >= 0.3 is 0 Å². The number of nitrogens with zero attached hydrogens (tertiary/aromatic N) is 1. The predicted molar refractivity (Wildman–Crippen MR) is 61.1 cm³/mol. The number of hydrogen-bond acceptors (Lipinski definition) is 5. The molecule has 2 aromatic rings. The van der Waals surface area contributed by atoms with E-state index in [2.05, 4.69) is 10.3 Å². The van der Waals surface area contributed by atoms with Gasteiger partial charge in [0.25, 0.3) is 0 Å². The number of nitrogens with one attached hydrogen (secondary N) is 1. The second-order valence-electron chi connectivity index (χ2n) is 3.70. The van der Waals surface area contributed by atoms with Crippen LogP contribution in [0.15, 0.2) is 27.2 Å². The zero-order chi connectivity index (χ0) is 12.1. The Hall–Kier alpha value is -1.59. The lowest BCUT2D eigenvalue weighted by Gasteiger charge is -1.98. The fraction of sp³-hybridized carbons (Fsp3) is 0.417. The molecule has 0 fully saturated rings. The van der Waals surface area contributed by atoms with Crippen LogP contribution in [0.5, 0.6) is 0 Å². The van der Waals surface area contributed by atoms with E-state index in [4.69, 9.17) is 13.9 Å². The van der Waals surface area contributed by atoms with Crippen molar-refractivity contribution in [1.82, 2.24) is 10.3 Å². The quantitative estimate of drug-likeness (QED) is 0.797. The summed E-state index contributed by atoms with van der Waals surface area (Å²) in [6, 6.07) is 3.60. The van der Waals surface area contributed by atoms with Crippen LogP contribution < -0.4 is 5.32 Å². The van der Waals surface area contributed by atoms with Gasteiger partial charge in [0, 0.05) is 6.42 Å². The van der Waals surface area contributed by atoms with Crippen molar-refractivity contribution >= 4 is 0 Å². The number of aliphatic hydroxyl groups excluding tert-OH is 1. The molecule has 2 heterocycles. The summed E-state index contributed by atoms with van der Waals surface area (Å²) in [4.78, 5) is 4.14. The van der Waals surface area contributed by atoms with E-state index in [-0.39, 0.29) is 6.61 Å². The molecule has 0 saturated carbocycles. The van der Waals surface area contributed by atoms with Gasteiger partial charge in [0.1, 0.15) is 23.9 Å². The van der Waals surface area contributed by atoms with Crippen LogP contribution in [0.1, 0.15) is 30.1 Å². The topological polar surface area (TPSA) is 71.4 Å². The van der Waals surface area contributed by atoms with E-state index in [1.54, 1.807) is 12.3 Å². The Labute approximate surface area is 99.5 Å². The summed E-state index contributed by atoms with van der Waals surface area (Å²) >= 11 is 0. The van der Waals surface area contributed by atoms with Crippen LogP contribution in [-0.4, -0.2) is 10.1 Å². The normalized spacial score (nSPS) is 10.9. The van der Waals surface area contributed by atoms with Gasteiger partial charge in [0.2, 0.25) is 5.89 Å². The SMILES string of the molecule is CCc1cnc(CNCc2ccc(CO)o2)o1. The van der Waals surface area contributed by atoms with Crippen molar-refractivity contribution in [2.45, 2.75) is 33.0 Å². The van der Waals surface area contributed by atoms with Crippen LogP contribution >= 0.6 is 0 Å². The molecule has 92 valence electrons. The Morgan fingerprint density at radius 1 is 1.18 bits per heavy atom. The van der Waals surface area contributed by atoms with Crippen molar-refractivity contribution in [3.63, 3.8) is 0 Å². The van der Waals surface area contributed by atoms with Crippen molar-refractivity contribution in [2.24, 2.45) is 0 Å². The Morgan fingerprint density at radius 2 is 2.00 bits per heavy atom. The molecule has 0 unspecified atom stereocenters. The van der Waals surface area contributed by atoms with E-state index in [9.17, 15) is 0 Å². The van der Waals surface area contributed by atoms with Crippen molar-refractivity contribution in [1.29, 1.82) is 0 Å². The highest BCUT2D eigenvalue weighted by Gasteiger charge is 2.03. The van der Waals surface area contributed by atoms with Gasteiger partial charge < -0.3 is 19.3 Å². The van der Waals surface area contributed by atoms with Crippen molar-refractivity contribution in [3.8, 4) is 0 Å². The molecule has 0 radical (unpaired) electrons. The molecule has 0 spiro atoms. The summed E-state index contributed by atoms with van der Waals surface area (Å²) < 4.78 is 10.8. The number of oxazole rings is 1. The first-order chi connectivity index (χ1) is 8.31. The predicted octanol–water partition coefficient (Wildman–Crippen LogP) is 1.61. The standard InChI is InChI=1S/C12H16N2O3/c1-2-9-6-14-12(17-9)7-13-5-10-3-4-11(8-15)16-10/h3-4,6,13,15H,2,5,7-8H2,1H3. The van der Waals surface area contributed by atoms with E-state index < -0.39 is 0 Å². The van der Waals surface area contributed by atoms with Gasteiger partial charge in [-0.05, 0) is 12.1 Å². The van der Waals surface area contributed by atoms with Gasteiger partial charge in [0.05, 0.1) is 19.3 Å². The number of rotatable bonds is 6. The van der Waals surface area contributed by atoms with E-state index in [1.165, 1.54) is 0 Å². The van der Waals surface area contributed by atoms with E-state index in [1.807, 2.05) is 13.0 Å². The van der Waals surface area contributed by atoms with Crippen LogP contribution in [0, 0.1) is 0 Å². The molecule has 0 bridgehead atoms. The summed E-state index contributed by atoms with van der Waals surface area (Å²) in [6.45, 7) is 3.11. The fourth-order valence-electron chi connectivity index (χ4n) is 1.49. The Balaban J connectivity index is 1.79. The van der Waals surface area contributed by atoms with Gasteiger partial charge in [-0.3, -0.25) is 0 Å². The number of aromatic nitrogens is 1. The molecule has 17 heavy (non-hydrogen) atoms. The molecule has 0 atom stereocenters. The summed E-state index contributed by atoms with van der Waals surface area (Å²) in [5, 5.41) is 12.0. The Morgan fingerprint density at radius 3 is 2.65 bits per heavy atom. The second kappa shape index (κ2) is 5.65. The minimum atomic E-state index is -0.0698. The molecule has 2 N–H and O–H groups in total. The highest BCUT2D eigenvalue weighted by atomic mass is 16.4. The molecule has 0 aromatic carbocycles. The van der Waals surface area contributed by atoms with Crippen LogP contribution in [0.2, 0.25) is 0 Å². The summed E-state index contributed by atoms with van der Waals surface area (Å²) in [5.74, 6) is 2.93. The monoisotopic (exact) mass is 236 g/mol. The minimum absolute atomic E-state index is 0.0698. The molecule has 5 heteroatoms. The molecular weight excluding hydrogens is 220 g/mol. The third kappa shape index (κ3) is 3.18. The van der Waals surface area contributed by atoms with E-state index in [0.29, 0.717) is 24.7 Å². The van der Waals surface area contributed by atoms with Gasteiger partial charge in [-0.15, -0.1) is 0 Å². The van der Waals surface area contributed by atoms with Gasteiger partial charge in [-0.25, -0.2) is 4.98 Å². The average Bonchev–Trinajstić information content (AvgIpc) is 2.97. The maximum absolute atomic E-state index is 8.85. The number of aryl methyl sites for hydroxylation is 1. The summed E-state index contributed by atoms with van der Waals surface area (Å²) in [6.07, 6.45) is 2.60. The first kappa shape index (κ1) is 11.9. The largest absolute Gasteiger partial charge is 0.462 e. The van der Waals surface area contributed by atoms with Crippen LogP contribution in [0.4, 0.5) is 0 Å². The maximum Gasteiger partial charge on any atom is 0.208 e. The third-order valence-corrected chi connectivity index (χ3v) is 2.40. The van der Waals surface area contributed by atoms with Gasteiger partial charge in [0.15, 0.2) is 0 Å². The number of aliphatic hydroxyl groups is 1. The fourth-order valence-corrected chi connectivity index (χ4v) is 1.49. The van der Waals surface area contributed by atoms with Crippen molar-refractivity contribution in [3.05, 3.63) is 41.5 Å². The molecule has 0 amide bonds. The molecule has 0 aliphatic heterocycles. The summed E-state index contributed by atoms with van der Waals surface area (Å²) in [5.41, 5.74) is 0. The van der Waals surface area contributed by atoms with Crippen LogP contribution in [0.25, 0.3) is 0 Å². The molecule has 5 nitrogen and oxygen atoms in total. The van der Waals surface area contributed by atoms with Gasteiger partial charge in [-0.1, -0.05) is 6.92 Å². The zero-order valence-electron chi connectivity index (χ0n) is 9.77. The number of hydrogen-bond donors (Lipinski definition) is 2. The van der Waals surface area contributed by atoms with E-state index >= 15 is 0 Å². The average molecular weight is 236 g/mol. The first-order valence-electron chi connectivity index (χ1n) is 5.64. The lowest BCUT2D eigenvalue weighted by molar-refractivity contribution is 0.242. The molecule has 2 aromatic heterocycles. The highest BCUT2D eigenvalue weighted by molar-refractivity contribution is 5.06. The van der Waals surface area contributed by atoms with Crippen LogP contribution in [0.3, 0.4) is 0 Å². The third-order valence-electron chi connectivity index (χ3n) is 2.40. The molecular formula is C12H16N2O3. The minimum Gasteiger partial charge on any atom is -0.462 e. The Kier molecular flexibility index (Phi) is 3.95. The molecule has 0 saturated heterocycles. The lowest BCUT2D eigenvalue weighted by Crippen LogP contribution is -2.12. The smallest absolute Gasteiger partial charge is 0.208 e. The summed E-state index contributed by atoms with van der Waals surface area (Å²) in [7, 11) is 0. The number of furan rings is 1. The maximum atomic E-state index is 8.85. The van der Waals surface area contributed by atoms with Crippen LogP contribution in [-0.2, 0) is 26.1 Å². The van der Waals surface area contributed by atoms with Crippen molar-refractivity contribution < 1.29 is 13.9 Å². The second-order valence-corrected chi connectivity index (χ2v) is 3.70. The molecule has 2 rings (SSSR count). The Bertz CT molecular complexity index is 420. The lowest BCUT2D eigenvalue weighted by atomic mass is 10.4. The molecule has 0 aliphatic rings. The first-order valence-corrected chi connectivity index (χ1v) is 5.64. The highest BCUT2D eigenvalue weighted by Crippen LogP contribution is 2.08. The molecule has 0 aliphatic carbocycles. The van der Waals surface area contributed by atoms with E-state index in [0.717, 1.165) is 17.9 Å².